The molecule has 0 spiro atoms. The van der Waals surface area contributed by atoms with Gasteiger partial charge in [-0.25, -0.2) is 0 Å². The smallest absolute Gasteiger partial charge is 0.292 e. The van der Waals surface area contributed by atoms with Gasteiger partial charge in [-0.05, 0) is 19.1 Å². The van der Waals surface area contributed by atoms with E-state index in [2.05, 4.69) is 0 Å². The van der Waals surface area contributed by atoms with Gasteiger partial charge in [0.15, 0.2) is 0 Å². The highest BCUT2D eigenvalue weighted by Crippen LogP contribution is 2.22. The van der Waals surface area contributed by atoms with Crippen LogP contribution in [-0.4, -0.2) is 40.5 Å². The molecule has 0 fully saturated rings. The van der Waals surface area contributed by atoms with E-state index in [0.717, 1.165) is 6.07 Å². The number of nitro groups is 1. The molecule has 7 heteroatoms. The quantitative estimate of drug-likeness (QED) is 0.464. The Morgan fingerprint density at radius 3 is 2.72 bits per heavy atom. The maximum absolute atomic E-state index is 11.9. The summed E-state index contributed by atoms with van der Waals surface area (Å²) >= 11 is 0. The summed E-state index contributed by atoms with van der Waals surface area (Å²) in [6.07, 6.45) is -0.664. The molecule has 0 aliphatic heterocycles. The summed E-state index contributed by atoms with van der Waals surface area (Å²) in [5.41, 5.74) is 5.32. The summed E-state index contributed by atoms with van der Waals surface area (Å²) in [5, 5.41) is 19.9. The first-order valence-electron chi connectivity index (χ1n) is 5.30. The Morgan fingerprint density at radius 2 is 2.22 bits per heavy atom. The van der Waals surface area contributed by atoms with Gasteiger partial charge in [-0.15, -0.1) is 0 Å². The molecule has 0 heterocycles. The van der Waals surface area contributed by atoms with Crippen LogP contribution in [0.15, 0.2) is 18.2 Å². The summed E-state index contributed by atoms with van der Waals surface area (Å²) in [4.78, 5) is 23.3. The van der Waals surface area contributed by atoms with Crippen molar-refractivity contribution >= 4 is 17.3 Å². The van der Waals surface area contributed by atoms with Gasteiger partial charge in [0.2, 0.25) is 0 Å². The first-order valence-corrected chi connectivity index (χ1v) is 5.30. The largest absolute Gasteiger partial charge is 0.393 e. The molecule has 0 aliphatic rings. The molecule has 3 N–H and O–H groups in total. The van der Waals surface area contributed by atoms with Gasteiger partial charge in [-0.1, -0.05) is 0 Å². The van der Waals surface area contributed by atoms with E-state index in [-0.39, 0.29) is 23.5 Å². The van der Waals surface area contributed by atoms with Crippen molar-refractivity contribution in [2.75, 3.05) is 19.3 Å². The van der Waals surface area contributed by atoms with Crippen LogP contribution in [0.1, 0.15) is 17.3 Å². The van der Waals surface area contributed by atoms with E-state index < -0.39 is 16.9 Å². The lowest BCUT2D eigenvalue weighted by Gasteiger charge is -2.18. The van der Waals surface area contributed by atoms with Crippen LogP contribution in [-0.2, 0) is 0 Å². The Labute approximate surface area is 104 Å². The molecule has 0 saturated carbocycles. The average Bonchev–Trinajstić information content (AvgIpc) is 2.27. The van der Waals surface area contributed by atoms with Gasteiger partial charge >= 0.3 is 0 Å². The Kier molecular flexibility index (Phi) is 4.22. The molecule has 1 unspecified atom stereocenters. The van der Waals surface area contributed by atoms with Crippen LogP contribution < -0.4 is 5.73 Å². The number of aliphatic hydroxyl groups excluding tert-OH is 1. The van der Waals surface area contributed by atoms with E-state index in [1.807, 2.05) is 0 Å². The highest BCUT2D eigenvalue weighted by Gasteiger charge is 2.18. The van der Waals surface area contributed by atoms with Crippen LogP contribution in [0.3, 0.4) is 0 Å². The molecule has 1 amide bonds. The van der Waals surface area contributed by atoms with E-state index in [1.165, 1.54) is 24.1 Å². The number of nitrogens with zero attached hydrogens (tertiary/aromatic N) is 2. The van der Waals surface area contributed by atoms with Gasteiger partial charge in [-0.2, -0.15) is 0 Å². The van der Waals surface area contributed by atoms with Crippen LogP contribution in [0.25, 0.3) is 0 Å². The van der Waals surface area contributed by atoms with Crippen molar-refractivity contribution in [2.45, 2.75) is 13.0 Å². The minimum atomic E-state index is -0.664. The number of hydrogen-bond acceptors (Lipinski definition) is 5. The molecule has 98 valence electrons. The number of aliphatic hydroxyl groups is 1. The second kappa shape index (κ2) is 5.46. The molecule has 0 aliphatic carbocycles. The molecule has 7 nitrogen and oxygen atoms in total. The van der Waals surface area contributed by atoms with Crippen molar-refractivity contribution in [3.8, 4) is 0 Å². The predicted molar refractivity (Wildman–Crippen MR) is 66.2 cm³/mol. The summed E-state index contributed by atoms with van der Waals surface area (Å²) < 4.78 is 0. The third kappa shape index (κ3) is 3.17. The molecule has 1 atom stereocenters. The van der Waals surface area contributed by atoms with Gasteiger partial charge in [0.25, 0.3) is 11.6 Å². The number of nitro benzene ring substituents is 1. The van der Waals surface area contributed by atoms with E-state index in [1.54, 1.807) is 6.92 Å². The Morgan fingerprint density at radius 1 is 1.61 bits per heavy atom. The van der Waals surface area contributed by atoms with Crippen molar-refractivity contribution in [1.82, 2.24) is 4.90 Å². The van der Waals surface area contributed by atoms with Crippen molar-refractivity contribution in [3.63, 3.8) is 0 Å². The van der Waals surface area contributed by atoms with Gasteiger partial charge in [0, 0.05) is 25.2 Å². The number of rotatable bonds is 4. The summed E-state index contributed by atoms with van der Waals surface area (Å²) in [6, 6.07) is 3.88. The summed E-state index contributed by atoms with van der Waals surface area (Å²) in [6.45, 7) is 1.70. The zero-order valence-electron chi connectivity index (χ0n) is 10.2. The van der Waals surface area contributed by atoms with E-state index in [4.69, 9.17) is 5.73 Å². The highest BCUT2D eigenvalue weighted by atomic mass is 16.6. The predicted octanol–water partition coefficient (Wildman–Crippen LogP) is 0.630. The molecule has 1 aromatic rings. The number of amides is 1. The Balaban J connectivity index is 3.00. The Hall–Kier alpha value is -2.15. The number of nitrogens with two attached hydrogens (primary N) is 1. The first kappa shape index (κ1) is 13.9. The Bertz CT molecular complexity index is 473. The van der Waals surface area contributed by atoms with Gasteiger partial charge in [-0.3, -0.25) is 14.9 Å². The molecule has 0 aromatic heterocycles. The monoisotopic (exact) mass is 253 g/mol. The lowest BCUT2D eigenvalue weighted by atomic mass is 10.1. The fourth-order valence-corrected chi connectivity index (χ4v) is 1.53. The second-order valence-electron chi connectivity index (χ2n) is 4.07. The van der Waals surface area contributed by atoms with Crippen molar-refractivity contribution in [2.24, 2.45) is 0 Å². The molecular formula is C11H15N3O4. The number of carbonyl (C=O) groups is 1. The van der Waals surface area contributed by atoms with E-state index >= 15 is 0 Å². The average molecular weight is 253 g/mol. The fourth-order valence-electron chi connectivity index (χ4n) is 1.53. The van der Waals surface area contributed by atoms with Gasteiger partial charge in [0.1, 0.15) is 5.69 Å². The van der Waals surface area contributed by atoms with Crippen LogP contribution >= 0.6 is 0 Å². The minimum absolute atomic E-state index is 0.00901. The zero-order valence-corrected chi connectivity index (χ0v) is 10.2. The number of hydrogen-bond donors (Lipinski definition) is 2. The van der Waals surface area contributed by atoms with Crippen molar-refractivity contribution in [1.29, 1.82) is 0 Å². The van der Waals surface area contributed by atoms with Crippen molar-refractivity contribution in [3.05, 3.63) is 33.9 Å². The lowest BCUT2D eigenvalue weighted by Crippen LogP contribution is -2.33. The topological polar surface area (TPSA) is 110 Å². The zero-order chi connectivity index (χ0) is 13.9. The van der Waals surface area contributed by atoms with Crippen LogP contribution in [0.5, 0.6) is 0 Å². The molecule has 0 radical (unpaired) electrons. The minimum Gasteiger partial charge on any atom is -0.393 e. The maximum atomic E-state index is 11.9. The number of benzene rings is 1. The standard InChI is InChI=1S/C11H15N3O4/c1-7(15)6-13(2)11(16)8-3-4-9(12)10(5-8)14(17)18/h3-5,7,15H,6,12H2,1-2H3. The molecule has 0 saturated heterocycles. The van der Waals surface area contributed by atoms with Crippen LogP contribution in [0.2, 0.25) is 0 Å². The van der Waals surface area contributed by atoms with Crippen molar-refractivity contribution < 1.29 is 14.8 Å². The number of carbonyl (C=O) groups excluding carboxylic acids is 1. The summed E-state index contributed by atoms with van der Waals surface area (Å²) in [5.74, 6) is -0.404. The van der Waals surface area contributed by atoms with Crippen LogP contribution in [0.4, 0.5) is 11.4 Å². The molecule has 1 aromatic carbocycles. The first-order chi connectivity index (χ1) is 8.32. The van der Waals surface area contributed by atoms with E-state index in [9.17, 15) is 20.0 Å². The van der Waals surface area contributed by atoms with E-state index in [0.29, 0.717) is 0 Å². The normalized spacial score (nSPS) is 11.9. The summed E-state index contributed by atoms with van der Waals surface area (Å²) in [7, 11) is 1.51. The molecule has 1 rings (SSSR count). The maximum Gasteiger partial charge on any atom is 0.292 e. The fraction of sp³-hybridized carbons (Fsp3) is 0.364. The number of likely N-dealkylation sites (N-methyl/N-ethyl adjacent to an activating group) is 1. The number of nitrogen functional groups attached to an aromatic ring is 1. The third-order valence-corrected chi connectivity index (χ3v) is 2.36. The molecular weight excluding hydrogens is 238 g/mol. The van der Waals surface area contributed by atoms with Gasteiger partial charge in [0.05, 0.1) is 11.0 Å². The molecule has 18 heavy (non-hydrogen) atoms. The van der Waals surface area contributed by atoms with Crippen LogP contribution in [0, 0.1) is 10.1 Å². The lowest BCUT2D eigenvalue weighted by molar-refractivity contribution is -0.383. The second-order valence-corrected chi connectivity index (χ2v) is 4.07. The number of anilines is 1. The van der Waals surface area contributed by atoms with Gasteiger partial charge < -0.3 is 15.7 Å². The molecule has 0 bridgehead atoms. The highest BCUT2D eigenvalue weighted by molar-refractivity contribution is 5.95. The SMILES string of the molecule is CC(O)CN(C)C(=O)c1ccc(N)c([N+](=O)[O-])c1. The third-order valence-electron chi connectivity index (χ3n) is 2.36.